The summed E-state index contributed by atoms with van der Waals surface area (Å²) in [7, 11) is 0. The van der Waals surface area contributed by atoms with Crippen LogP contribution in [0.2, 0.25) is 0 Å². The minimum absolute atomic E-state index is 0.0210. The van der Waals surface area contributed by atoms with Gasteiger partial charge in [-0.25, -0.2) is 14.4 Å². The SMILES string of the molecule is CC(=O)OC1CNC(C(CCc2ccccc2)C(C)C(=C=O)N(C(N)=O)C(=O)OCC(C)C)O1. The van der Waals surface area contributed by atoms with Crippen LogP contribution in [0.25, 0.3) is 0 Å². The summed E-state index contributed by atoms with van der Waals surface area (Å²) >= 11 is 0. The Bertz CT molecular complexity index is 899. The van der Waals surface area contributed by atoms with Gasteiger partial charge in [-0.1, -0.05) is 51.1 Å². The summed E-state index contributed by atoms with van der Waals surface area (Å²) in [6.45, 7) is 6.96. The monoisotopic (exact) mass is 475 g/mol. The molecule has 1 aliphatic rings. The van der Waals surface area contributed by atoms with Crippen LogP contribution in [0.5, 0.6) is 0 Å². The number of ether oxygens (including phenoxy) is 3. The molecule has 10 heteroatoms. The molecule has 3 N–H and O–H groups in total. The van der Waals surface area contributed by atoms with E-state index >= 15 is 0 Å². The van der Waals surface area contributed by atoms with Gasteiger partial charge in [-0.15, -0.1) is 0 Å². The van der Waals surface area contributed by atoms with Crippen LogP contribution in [0.1, 0.15) is 39.7 Å². The largest absolute Gasteiger partial charge is 0.449 e. The Hall–Kier alpha value is -3.20. The molecule has 4 atom stereocenters. The number of hydrogen-bond donors (Lipinski definition) is 2. The maximum Gasteiger partial charge on any atom is 0.423 e. The van der Waals surface area contributed by atoms with Crippen LogP contribution >= 0.6 is 0 Å². The molecule has 10 nitrogen and oxygen atoms in total. The normalized spacial score (nSPS) is 19.1. The number of esters is 1. The summed E-state index contributed by atoms with van der Waals surface area (Å²) < 4.78 is 16.1. The lowest BCUT2D eigenvalue weighted by molar-refractivity contribution is -0.175. The van der Waals surface area contributed by atoms with Crippen molar-refractivity contribution in [3.8, 4) is 0 Å². The highest BCUT2D eigenvalue weighted by atomic mass is 16.7. The van der Waals surface area contributed by atoms with E-state index in [0.717, 1.165) is 5.56 Å². The summed E-state index contributed by atoms with van der Waals surface area (Å²) in [5.74, 6) is 0.165. The van der Waals surface area contributed by atoms with E-state index in [1.807, 2.05) is 44.2 Å². The zero-order chi connectivity index (χ0) is 25.3. The molecule has 1 aromatic rings. The molecule has 1 aliphatic heterocycles. The molecule has 186 valence electrons. The molecule has 0 bridgehead atoms. The van der Waals surface area contributed by atoms with Gasteiger partial charge >= 0.3 is 18.1 Å². The van der Waals surface area contributed by atoms with E-state index < -0.39 is 42.4 Å². The molecule has 0 aromatic heterocycles. The number of primary amides is 1. The highest BCUT2D eigenvalue weighted by Gasteiger charge is 2.40. The fourth-order valence-electron chi connectivity index (χ4n) is 3.78. The number of imide groups is 1. The number of hydrogen-bond acceptors (Lipinski definition) is 8. The summed E-state index contributed by atoms with van der Waals surface area (Å²) in [5.41, 5.74) is 6.25. The Morgan fingerprint density at radius 3 is 2.47 bits per heavy atom. The number of amides is 3. The van der Waals surface area contributed by atoms with Crippen LogP contribution in [0, 0.1) is 17.8 Å². The van der Waals surface area contributed by atoms with E-state index in [4.69, 9.17) is 19.9 Å². The zero-order valence-corrected chi connectivity index (χ0v) is 20.0. The second-order valence-corrected chi connectivity index (χ2v) is 8.61. The molecule has 34 heavy (non-hydrogen) atoms. The molecule has 0 spiro atoms. The number of nitrogens with two attached hydrogens (primary N) is 1. The van der Waals surface area contributed by atoms with Gasteiger partial charge in [-0.2, -0.15) is 4.90 Å². The topological polar surface area (TPSA) is 137 Å². The zero-order valence-electron chi connectivity index (χ0n) is 20.0. The molecule has 1 fully saturated rings. The highest BCUT2D eigenvalue weighted by Crippen LogP contribution is 2.32. The second-order valence-electron chi connectivity index (χ2n) is 8.61. The molecule has 0 aliphatic carbocycles. The Labute approximate surface area is 199 Å². The van der Waals surface area contributed by atoms with E-state index in [0.29, 0.717) is 17.7 Å². The Morgan fingerprint density at radius 2 is 1.91 bits per heavy atom. The lowest BCUT2D eigenvalue weighted by Gasteiger charge is -2.32. The van der Waals surface area contributed by atoms with Crippen molar-refractivity contribution in [2.45, 2.75) is 53.1 Å². The van der Waals surface area contributed by atoms with Crippen LogP contribution in [0.15, 0.2) is 36.0 Å². The Balaban J connectivity index is 2.28. The van der Waals surface area contributed by atoms with Crippen LogP contribution in [-0.4, -0.2) is 54.6 Å². The number of carbonyl (C=O) groups excluding carboxylic acids is 4. The summed E-state index contributed by atoms with van der Waals surface area (Å²) in [6.07, 6.45) is -1.29. The summed E-state index contributed by atoms with van der Waals surface area (Å²) in [6, 6.07) is 8.56. The number of aryl methyl sites for hydroxylation is 1. The number of benzene rings is 1. The first kappa shape index (κ1) is 27.0. The van der Waals surface area contributed by atoms with E-state index in [-0.39, 0.29) is 24.8 Å². The standard InChI is InChI=1S/C24H33N3O7/c1-15(2)14-32-24(31)27(23(25)30)20(13-28)16(3)19(11-10-18-8-6-5-7-9-18)22-26-12-21(34-22)33-17(4)29/h5-9,15-16,19,21-22,26H,10-12,14H2,1-4H3,(H2,25,30). The quantitative estimate of drug-likeness (QED) is 0.389. The first-order chi connectivity index (χ1) is 16.1. The number of carbonyl (C=O) groups is 3. The first-order valence-corrected chi connectivity index (χ1v) is 11.2. The predicted molar refractivity (Wildman–Crippen MR) is 123 cm³/mol. The molecule has 1 aromatic carbocycles. The van der Waals surface area contributed by atoms with Gasteiger partial charge in [0, 0.05) is 18.8 Å². The van der Waals surface area contributed by atoms with Gasteiger partial charge in [0.1, 0.15) is 17.9 Å². The van der Waals surface area contributed by atoms with Crippen molar-refractivity contribution in [1.82, 2.24) is 10.2 Å². The van der Waals surface area contributed by atoms with Gasteiger partial charge in [0.05, 0.1) is 13.2 Å². The molecule has 1 heterocycles. The number of urea groups is 1. The lowest BCUT2D eigenvalue weighted by atomic mass is 9.84. The average Bonchev–Trinajstić information content (AvgIpc) is 3.23. The van der Waals surface area contributed by atoms with Crippen molar-refractivity contribution in [2.24, 2.45) is 23.5 Å². The van der Waals surface area contributed by atoms with Gasteiger partial charge < -0.3 is 19.9 Å². The van der Waals surface area contributed by atoms with Crippen molar-refractivity contribution in [3.05, 3.63) is 41.6 Å². The minimum atomic E-state index is -1.14. The predicted octanol–water partition coefficient (Wildman–Crippen LogP) is 2.60. The van der Waals surface area contributed by atoms with Gasteiger partial charge in [0.15, 0.2) is 0 Å². The molecule has 1 saturated heterocycles. The van der Waals surface area contributed by atoms with E-state index in [2.05, 4.69) is 5.32 Å². The fourth-order valence-corrected chi connectivity index (χ4v) is 3.78. The van der Waals surface area contributed by atoms with Crippen molar-refractivity contribution in [1.29, 1.82) is 0 Å². The number of nitrogens with one attached hydrogen (secondary N) is 1. The molecule has 0 radical (unpaired) electrons. The van der Waals surface area contributed by atoms with E-state index in [1.54, 1.807) is 12.9 Å². The van der Waals surface area contributed by atoms with Crippen LogP contribution in [0.4, 0.5) is 9.59 Å². The molecule has 2 rings (SSSR count). The van der Waals surface area contributed by atoms with Crippen LogP contribution < -0.4 is 11.1 Å². The van der Waals surface area contributed by atoms with Crippen molar-refractivity contribution >= 4 is 24.0 Å². The van der Waals surface area contributed by atoms with Crippen molar-refractivity contribution in [2.75, 3.05) is 13.2 Å². The van der Waals surface area contributed by atoms with Gasteiger partial charge in [-0.05, 0) is 24.3 Å². The third-order valence-corrected chi connectivity index (χ3v) is 5.44. The summed E-state index contributed by atoms with van der Waals surface area (Å²) in [4.78, 5) is 48.6. The van der Waals surface area contributed by atoms with Crippen molar-refractivity contribution < 1.29 is 33.4 Å². The number of nitrogens with zero attached hydrogens (tertiary/aromatic N) is 1. The maximum atomic E-state index is 12.6. The van der Waals surface area contributed by atoms with Crippen molar-refractivity contribution in [3.63, 3.8) is 0 Å². The number of allylic oxidation sites excluding steroid dienone is 1. The fraction of sp³-hybridized carbons (Fsp3) is 0.542. The van der Waals surface area contributed by atoms with Gasteiger partial charge in [0.25, 0.3) is 0 Å². The third-order valence-electron chi connectivity index (χ3n) is 5.44. The van der Waals surface area contributed by atoms with Crippen LogP contribution in [-0.2, 0) is 30.2 Å². The van der Waals surface area contributed by atoms with E-state index in [9.17, 15) is 19.2 Å². The van der Waals surface area contributed by atoms with Gasteiger partial charge in [-0.3, -0.25) is 10.1 Å². The first-order valence-electron chi connectivity index (χ1n) is 11.2. The molecule has 0 saturated carbocycles. The molecular formula is C24H33N3O7. The van der Waals surface area contributed by atoms with Gasteiger partial charge in [0.2, 0.25) is 6.29 Å². The van der Waals surface area contributed by atoms with Crippen LogP contribution in [0.3, 0.4) is 0 Å². The minimum Gasteiger partial charge on any atom is -0.449 e. The maximum absolute atomic E-state index is 12.6. The molecule has 3 amide bonds. The smallest absolute Gasteiger partial charge is 0.423 e. The third kappa shape index (κ3) is 7.69. The van der Waals surface area contributed by atoms with E-state index in [1.165, 1.54) is 6.92 Å². The Kier molecular flexibility index (Phi) is 10.2. The Morgan fingerprint density at radius 1 is 1.24 bits per heavy atom. The summed E-state index contributed by atoms with van der Waals surface area (Å²) in [5, 5.41) is 3.15. The molecular weight excluding hydrogens is 442 g/mol. The molecule has 4 unspecified atom stereocenters. The second kappa shape index (κ2) is 12.9. The lowest BCUT2D eigenvalue weighted by Crippen LogP contribution is -2.46. The average molecular weight is 476 g/mol. The highest BCUT2D eigenvalue weighted by molar-refractivity contribution is 5.94. The number of rotatable bonds is 10.